The first-order valence-corrected chi connectivity index (χ1v) is 9.97. The van der Waals surface area contributed by atoms with Crippen LogP contribution >= 0.6 is 11.3 Å². The molecule has 3 rings (SSSR count). The van der Waals surface area contributed by atoms with Crippen LogP contribution in [0.1, 0.15) is 29.3 Å². The molecule has 0 aliphatic carbocycles. The molecular weight excluding hydrogens is 390 g/mol. The van der Waals surface area contributed by atoms with Crippen molar-refractivity contribution < 1.29 is 18.7 Å². The van der Waals surface area contributed by atoms with Crippen LogP contribution in [0.15, 0.2) is 47.1 Å². The summed E-state index contributed by atoms with van der Waals surface area (Å²) in [6.07, 6.45) is 1.42. The van der Waals surface area contributed by atoms with Crippen LogP contribution < -0.4 is 15.4 Å². The smallest absolute Gasteiger partial charge is 0.287 e. The minimum absolute atomic E-state index is 0.115. The fourth-order valence-electron chi connectivity index (χ4n) is 2.80. The maximum Gasteiger partial charge on any atom is 0.287 e. The number of ether oxygens (including phenoxy) is 1. The Morgan fingerprint density at radius 1 is 1.17 bits per heavy atom. The molecule has 0 fully saturated rings. The third kappa shape index (κ3) is 4.83. The van der Waals surface area contributed by atoms with Crippen molar-refractivity contribution in [2.24, 2.45) is 5.92 Å². The number of rotatable bonds is 7. The summed E-state index contributed by atoms with van der Waals surface area (Å²) in [5.41, 5.74) is 1.74. The van der Waals surface area contributed by atoms with Gasteiger partial charge in [0.2, 0.25) is 5.91 Å². The number of anilines is 1. The predicted molar refractivity (Wildman–Crippen MR) is 112 cm³/mol. The van der Waals surface area contributed by atoms with Gasteiger partial charge in [-0.1, -0.05) is 13.8 Å². The van der Waals surface area contributed by atoms with Crippen LogP contribution in [-0.2, 0) is 4.79 Å². The molecule has 7 nitrogen and oxygen atoms in total. The van der Waals surface area contributed by atoms with Crippen molar-refractivity contribution in [2.45, 2.75) is 26.8 Å². The number of thiazole rings is 1. The standard InChI is InChI=1S/C21H23N3O4S/c1-12(2)17(22-19(25)16-6-5-11-28-16)20(26)24-21-23-18(13(3)29-21)14-7-9-15(27-4)10-8-14/h5-12,17H,1-4H3,(H,22,25)(H,23,24,26). The largest absolute Gasteiger partial charge is 0.497 e. The number of aromatic nitrogens is 1. The molecule has 29 heavy (non-hydrogen) atoms. The highest BCUT2D eigenvalue weighted by Crippen LogP contribution is 2.31. The third-order valence-corrected chi connectivity index (χ3v) is 5.26. The fourth-order valence-corrected chi connectivity index (χ4v) is 3.64. The van der Waals surface area contributed by atoms with E-state index in [1.165, 1.54) is 17.6 Å². The topological polar surface area (TPSA) is 93.5 Å². The van der Waals surface area contributed by atoms with E-state index in [0.717, 1.165) is 21.9 Å². The summed E-state index contributed by atoms with van der Waals surface area (Å²) in [5.74, 6) is 0.0571. The first-order chi connectivity index (χ1) is 13.9. The van der Waals surface area contributed by atoms with Crippen molar-refractivity contribution in [3.8, 4) is 17.0 Å². The number of furan rings is 1. The molecule has 1 atom stereocenters. The van der Waals surface area contributed by atoms with Crippen molar-refractivity contribution in [1.29, 1.82) is 0 Å². The summed E-state index contributed by atoms with van der Waals surface area (Å²) in [5, 5.41) is 6.03. The Hall–Kier alpha value is -3.13. The second-order valence-corrected chi connectivity index (χ2v) is 8.02. The molecule has 0 aliphatic rings. The second kappa shape index (κ2) is 8.91. The molecule has 0 spiro atoms. The lowest BCUT2D eigenvalue weighted by atomic mass is 10.0. The van der Waals surface area contributed by atoms with E-state index in [-0.39, 0.29) is 17.6 Å². The molecule has 2 aromatic heterocycles. The molecular formula is C21H23N3O4S. The van der Waals surface area contributed by atoms with E-state index in [0.29, 0.717) is 5.13 Å². The molecule has 0 aliphatic heterocycles. The van der Waals surface area contributed by atoms with E-state index in [4.69, 9.17) is 9.15 Å². The summed E-state index contributed by atoms with van der Waals surface area (Å²) in [6.45, 7) is 5.68. The number of carbonyl (C=O) groups excluding carboxylic acids is 2. The van der Waals surface area contributed by atoms with Crippen molar-refractivity contribution in [3.05, 3.63) is 53.3 Å². The molecule has 0 radical (unpaired) electrons. The van der Waals surface area contributed by atoms with Crippen LogP contribution in [0.4, 0.5) is 5.13 Å². The predicted octanol–water partition coefficient (Wildman–Crippen LogP) is 4.11. The van der Waals surface area contributed by atoms with Gasteiger partial charge in [-0.05, 0) is 49.2 Å². The zero-order valence-corrected chi connectivity index (χ0v) is 17.5. The quantitative estimate of drug-likeness (QED) is 0.608. The zero-order chi connectivity index (χ0) is 21.0. The summed E-state index contributed by atoms with van der Waals surface area (Å²) < 4.78 is 10.3. The number of carbonyl (C=O) groups is 2. The Labute approximate surface area is 173 Å². The molecule has 152 valence electrons. The van der Waals surface area contributed by atoms with Crippen LogP contribution in [0.2, 0.25) is 0 Å². The second-order valence-electron chi connectivity index (χ2n) is 6.81. The normalized spacial score (nSPS) is 11.9. The van der Waals surface area contributed by atoms with E-state index in [1.54, 1.807) is 19.2 Å². The highest BCUT2D eigenvalue weighted by molar-refractivity contribution is 7.16. The van der Waals surface area contributed by atoms with Gasteiger partial charge in [-0.3, -0.25) is 9.59 Å². The van der Waals surface area contributed by atoms with Crippen LogP contribution in [0.5, 0.6) is 5.75 Å². The SMILES string of the molecule is COc1ccc(-c2nc(NC(=O)C(NC(=O)c3ccco3)C(C)C)sc2C)cc1. The maximum atomic E-state index is 12.8. The third-order valence-electron chi connectivity index (χ3n) is 4.37. The lowest BCUT2D eigenvalue weighted by Crippen LogP contribution is -2.47. The average Bonchev–Trinajstić information content (AvgIpc) is 3.35. The first kappa shape index (κ1) is 20.6. The zero-order valence-electron chi connectivity index (χ0n) is 16.7. The number of nitrogens with zero attached hydrogens (tertiary/aromatic N) is 1. The fraction of sp³-hybridized carbons (Fsp3) is 0.286. The highest BCUT2D eigenvalue weighted by atomic mass is 32.1. The van der Waals surface area contributed by atoms with Crippen molar-refractivity contribution in [1.82, 2.24) is 10.3 Å². The molecule has 2 amide bonds. The Balaban J connectivity index is 1.73. The molecule has 1 aromatic carbocycles. The van der Waals surface area contributed by atoms with Gasteiger partial charge in [-0.25, -0.2) is 4.98 Å². The van der Waals surface area contributed by atoms with Gasteiger partial charge in [0, 0.05) is 10.4 Å². The Kier molecular flexibility index (Phi) is 6.33. The van der Waals surface area contributed by atoms with Gasteiger partial charge in [-0.15, -0.1) is 11.3 Å². The summed E-state index contributed by atoms with van der Waals surface area (Å²) in [6, 6.07) is 10.0. The minimum Gasteiger partial charge on any atom is -0.497 e. The van der Waals surface area contributed by atoms with E-state index < -0.39 is 11.9 Å². The maximum absolute atomic E-state index is 12.8. The Morgan fingerprint density at radius 3 is 2.48 bits per heavy atom. The lowest BCUT2D eigenvalue weighted by Gasteiger charge is -2.20. The Bertz CT molecular complexity index is 978. The van der Waals surface area contributed by atoms with Crippen molar-refractivity contribution in [2.75, 3.05) is 12.4 Å². The van der Waals surface area contributed by atoms with E-state index in [9.17, 15) is 9.59 Å². The molecule has 0 bridgehead atoms. The van der Waals surface area contributed by atoms with Crippen molar-refractivity contribution in [3.63, 3.8) is 0 Å². The number of hydrogen-bond donors (Lipinski definition) is 2. The van der Waals surface area contributed by atoms with Crippen molar-refractivity contribution >= 4 is 28.3 Å². The summed E-state index contributed by atoms with van der Waals surface area (Å²) >= 11 is 1.39. The monoisotopic (exact) mass is 413 g/mol. The first-order valence-electron chi connectivity index (χ1n) is 9.16. The van der Waals surface area contributed by atoms with Gasteiger partial charge in [0.05, 0.1) is 19.1 Å². The average molecular weight is 413 g/mol. The van der Waals surface area contributed by atoms with Crippen LogP contribution in [0, 0.1) is 12.8 Å². The molecule has 1 unspecified atom stereocenters. The number of aryl methyl sites for hydroxylation is 1. The van der Waals surface area contributed by atoms with Gasteiger partial charge in [0.1, 0.15) is 11.8 Å². The molecule has 0 saturated carbocycles. The minimum atomic E-state index is -0.721. The highest BCUT2D eigenvalue weighted by Gasteiger charge is 2.26. The molecule has 2 N–H and O–H groups in total. The molecule has 2 heterocycles. The van der Waals surface area contributed by atoms with Crippen LogP contribution in [0.3, 0.4) is 0 Å². The van der Waals surface area contributed by atoms with Gasteiger partial charge in [-0.2, -0.15) is 0 Å². The lowest BCUT2D eigenvalue weighted by molar-refractivity contribution is -0.118. The molecule has 3 aromatic rings. The number of benzene rings is 1. The van der Waals surface area contributed by atoms with Gasteiger partial charge < -0.3 is 19.8 Å². The number of nitrogens with one attached hydrogen (secondary N) is 2. The number of amides is 2. The van der Waals surface area contributed by atoms with Crippen LogP contribution in [0.25, 0.3) is 11.3 Å². The number of methoxy groups -OCH3 is 1. The number of hydrogen-bond acceptors (Lipinski definition) is 6. The van der Waals surface area contributed by atoms with Gasteiger partial charge in [0.25, 0.3) is 5.91 Å². The Morgan fingerprint density at radius 2 is 1.90 bits per heavy atom. The van der Waals surface area contributed by atoms with Gasteiger partial charge in [0.15, 0.2) is 10.9 Å². The van der Waals surface area contributed by atoms with E-state index in [1.807, 2.05) is 45.0 Å². The van der Waals surface area contributed by atoms with E-state index >= 15 is 0 Å². The summed E-state index contributed by atoms with van der Waals surface area (Å²) in [7, 11) is 1.62. The molecule has 0 saturated heterocycles. The van der Waals surface area contributed by atoms with Crippen LogP contribution in [-0.4, -0.2) is 29.9 Å². The van der Waals surface area contributed by atoms with Gasteiger partial charge >= 0.3 is 0 Å². The molecule has 8 heteroatoms. The van der Waals surface area contributed by atoms with E-state index in [2.05, 4.69) is 15.6 Å². The summed E-state index contributed by atoms with van der Waals surface area (Å²) in [4.78, 5) is 30.6.